The van der Waals surface area contributed by atoms with Crippen molar-refractivity contribution in [2.45, 2.75) is 6.61 Å². The Morgan fingerprint density at radius 1 is 1.40 bits per heavy atom. The predicted molar refractivity (Wildman–Crippen MR) is 73.7 cm³/mol. The molecule has 0 atom stereocenters. The number of aromatic nitrogens is 1. The Morgan fingerprint density at radius 3 is 2.90 bits per heavy atom. The lowest BCUT2D eigenvalue weighted by molar-refractivity contribution is 0.102. The van der Waals surface area contributed by atoms with Crippen LogP contribution in [-0.4, -0.2) is 18.0 Å². The second-order valence-corrected chi connectivity index (χ2v) is 4.10. The molecule has 104 valence electrons. The first-order chi connectivity index (χ1) is 9.63. The van der Waals surface area contributed by atoms with Crippen LogP contribution >= 0.6 is 0 Å². The molecule has 3 N–H and O–H groups in total. The van der Waals surface area contributed by atoms with Gasteiger partial charge in [0, 0.05) is 24.6 Å². The monoisotopic (exact) mass is 275 g/mol. The summed E-state index contributed by atoms with van der Waals surface area (Å²) in [6.45, 7) is 0.345. The molecule has 0 unspecified atom stereocenters. The number of methoxy groups -OCH3 is 1. The molecule has 2 aromatic rings. The van der Waals surface area contributed by atoms with Gasteiger partial charge in [0.2, 0.25) is 0 Å². The van der Waals surface area contributed by atoms with Crippen LogP contribution in [0.1, 0.15) is 15.9 Å². The van der Waals surface area contributed by atoms with Crippen molar-refractivity contribution in [3.63, 3.8) is 0 Å². The van der Waals surface area contributed by atoms with E-state index in [1.54, 1.807) is 19.2 Å². The van der Waals surface area contributed by atoms with Crippen molar-refractivity contribution in [1.82, 2.24) is 4.98 Å². The molecule has 6 heteroatoms. The van der Waals surface area contributed by atoms with Crippen LogP contribution in [0.25, 0.3) is 0 Å². The van der Waals surface area contributed by atoms with Gasteiger partial charge < -0.3 is 15.8 Å². The minimum absolute atomic E-state index is 0.148. The third-order valence-corrected chi connectivity index (χ3v) is 2.73. The number of nitrogen functional groups attached to an aromatic ring is 1. The van der Waals surface area contributed by atoms with E-state index in [4.69, 9.17) is 10.5 Å². The van der Waals surface area contributed by atoms with Crippen molar-refractivity contribution >= 4 is 17.4 Å². The van der Waals surface area contributed by atoms with Crippen molar-refractivity contribution in [2.24, 2.45) is 0 Å². The Morgan fingerprint density at radius 2 is 2.15 bits per heavy atom. The summed E-state index contributed by atoms with van der Waals surface area (Å²) >= 11 is 0. The first-order valence-corrected chi connectivity index (χ1v) is 5.91. The Labute approximate surface area is 115 Å². The summed E-state index contributed by atoms with van der Waals surface area (Å²) in [6, 6.07) is 8.41. The fourth-order valence-electron chi connectivity index (χ4n) is 1.75. The van der Waals surface area contributed by atoms with E-state index < -0.39 is 11.7 Å². The molecule has 1 amide bonds. The van der Waals surface area contributed by atoms with E-state index in [-0.39, 0.29) is 11.4 Å². The third-order valence-electron chi connectivity index (χ3n) is 2.73. The minimum Gasteiger partial charge on any atom is -0.381 e. The van der Waals surface area contributed by atoms with Gasteiger partial charge in [-0.1, -0.05) is 18.2 Å². The fourth-order valence-corrected chi connectivity index (χ4v) is 1.75. The highest BCUT2D eigenvalue weighted by Crippen LogP contribution is 2.18. The largest absolute Gasteiger partial charge is 0.381 e. The van der Waals surface area contributed by atoms with Crippen LogP contribution < -0.4 is 11.1 Å². The lowest BCUT2D eigenvalue weighted by Crippen LogP contribution is -2.16. The van der Waals surface area contributed by atoms with Gasteiger partial charge in [0.15, 0.2) is 11.6 Å². The Kier molecular flexibility index (Phi) is 4.27. The van der Waals surface area contributed by atoms with Crippen LogP contribution in [-0.2, 0) is 11.3 Å². The lowest BCUT2D eigenvalue weighted by Gasteiger charge is -2.11. The highest BCUT2D eigenvalue weighted by Gasteiger charge is 2.15. The van der Waals surface area contributed by atoms with Gasteiger partial charge in [-0.05, 0) is 12.1 Å². The predicted octanol–water partition coefficient (Wildman–Crippen LogP) is 2.20. The highest BCUT2D eigenvalue weighted by molar-refractivity contribution is 6.05. The van der Waals surface area contributed by atoms with E-state index in [0.717, 1.165) is 5.56 Å². The summed E-state index contributed by atoms with van der Waals surface area (Å²) in [5, 5.41) is 2.64. The standard InChI is InChI=1S/C14H14FN3O2/c1-20-8-9-4-2-3-5-11(9)18-14(19)10-6-7-17-13(16)12(10)15/h2-7H,8H2,1H3,(H2,16,17)(H,18,19). The van der Waals surface area contributed by atoms with E-state index in [2.05, 4.69) is 10.3 Å². The molecule has 0 aliphatic rings. The summed E-state index contributed by atoms with van der Waals surface area (Å²) in [5.74, 6) is -1.71. The number of anilines is 2. The highest BCUT2D eigenvalue weighted by atomic mass is 19.1. The van der Waals surface area contributed by atoms with E-state index in [1.165, 1.54) is 12.3 Å². The number of halogens is 1. The molecule has 0 radical (unpaired) electrons. The number of carbonyl (C=O) groups excluding carboxylic acids is 1. The molecule has 0 aliphatic carbocycles. The summed E-state index contributed by atoms with van der Waals surface area (Å²) in [4.78, 5) is 15.6. The van der Waals surface area contributed by atoms with E-state index in [9.17, 15) is 9.18 Å². The Bertz CT molecular complexity index is 632. The fraction of sp³-hybridized carbons (Fsp3) is 0.143. The maximum absolute atomic E-state index is 13.7. The van der Waals surface area contributed by atoms with E-state index in [0.29, 0.717) is 12.3 Å². The zero-order chi connectivity index (χ0) is 14.5. The molecule has 1 aromatic carbocycles. The number of hydrogen-bond acceptors (Lipinski definition) is 4. The van der Waals surface area contributed by atoms with Crippen molar-refractivity contribution in [3.05, 3.63) is 53.5 Å². The first kappa shape index (κ1) is 14.0. The van der Waals surface area contributed by atoms with E-state index >= 15 is 0 Å². The van der Waals surface area contributed by atoms with Crippen molar-refractivity contribution in [2.75, 3.05) is 18.2 Å². The molecule has 0 saturated heterocycles. The van der Waals surface area contributed by atoms with Gasteiger partial charge in [0.25, 0.3) is 5.91 Å². The summed E-state index contributed by atoms with van der Waals surface area (Å²) in [5.41, 5.74) is 6.56. The van der Waals surface area contributed by atoms with Crippen LogP contribution in [0.15, 0.2) is 36.5 Å². The topological polar surface area (TPSA) is 77.2 Å². The number of benzene rings is 1. The summed E-state index contributed by atoms with van der Waals surface area (Å²) in [7, 11) is 1.56. The van der Waals surface area contributed by atoms with Crippen molar-refractivity contribution in [3.8, 4) is 0 Å². The average Bonchev–Trinajstić information content (AvgIpc) is 2.44. The molecular formula is C14H14FN3O2. The molecule has 1 heterocycles. The van der Waals surface area contributed by atoms with Crippen LogP contribution in [0, 0.1) is 5.82 Å². The Balaban J connectivity index is 2.26. The number of rotatable bonds is 4. The molecule has 0 fully saturated rings. The van der Waals surface area contributed by atoms with Crippen LogP contribution in [0.4, 0.5) is 15.9 Å². The second-order valence-electron chi connectivity index (χ2n) is 4.10. The van der Waals surface area contributed by atoms with Gasteiger partial charge in [-0.3, -0.25) is 4.79 Å². The molecule has 0 aliphatic heterocycles. The van der Waals surface area contributed by atoms with E-state index in [1.807, 2.05) is 12.1 Å². The van der Waals surface area contributed by atoms with Crippen molar-refractivity contribution in [1.29, 1.82) is 0 Å². The molecule has 0 spiro atoms. The minimum atomic E-state index is -0.825. The molecule has 0 bridgehead atoms. The molecule has 20 heavy (non-hydrogen) atoms. The number of para-hydroxylation sites is 1. The first-order valence-electron chi connectivity index (χ1n) is 5.91. The van der Waals surface area contributed by atoms with Gasteiger partial charge in [-0.2, -0.15) is 0 Å². The molecular weight excluding hydrogens is 261 g/mol. The SMILES string of the molecule is COCc1ccccc1NC(=O)c1ccnc(N)c1F. The lowest BCUT2D eigenvalue weighted by atomic mass is 10.1. The molecule has 0 saturated carbocycles. The van der Waals surface area contributed by atoms with Gasteiger partial charge >= 0.3 is 0 Å². The summed E-state index contributed by atoms with van der Waals surface area (Å²) in [6.07, 6.45) is 1.29. The number of amides is 1. The second kappa shape index (κ2) is 6.12. The quantitative estimate of drug-likeness (QED) is 0.896. The zero-order valence-electron chi connectivity index (χ0n) is 10.9. The third kappa shape index (κ3) is 2.92. The van der Waals surface area contributed by atoms with Gasteiger partial charge in [-0.15, -0.1) is 0 Å². The maximum Gasteiger partial charge on any atom is 0.258 e. The van der Waals surface area contributed by atoms with Crippen LogP contribution in [0.2, 0.25) is 0 Å². The van der Waals surface area contributed by atoms with Gasteiger partial charge in [0.05, 0.1) is 12.2 Å². The normalized spacial score (nSPS) is 10.3. The number of hydrogen-bond donors (Lipinski definition) is 2. The molecule has 5 nitrogen and oxygen atoms in total. The smallest absolute Gasteiger partial charge is 0.258 e. The zero-order valence-corrected chi connectivity index (χ0v) is 10.9. The average molecular weight is 275 g/mol. The Hall–Kier alpha value is -2.47. The van der Waals surface area contributed by atoms with Gasteiger partial charge in [0.1, 0.15) is 0 Å². The van der Waals surface area contributed by atoms with Crippen molar-refractivity contribution < 1.29 is 13.9 Å². The number of carbonyl (C=O) groups is 1. The number of ether oxygens (including phenoxy) is 1. The van der Waals surface area contributed by atoms with Gasteiger partial charge in [-0.25, -0.2) is 9.37 Å². The molecule has 1 aromatic heterocycles. The number of nitrogens with zero attached hydrogens (tertiary/aromatic N) is 1. The summed E-state index contributed by atoms with van der Waals surface area (Å²) < 4.78 is 18.8. The van der Waals surface area contributed by atoms with Crippen LogP contribution in [0.3, 0.4) is 0 Å². The number of nitrogens with two attached hydrogens (primary N) is 1. The maximum atomic E-state index is 13.7. The molecule has 2 rings (SSSR count). The van der Waals surface area contributed by atoms with Crippen LogP contribution in [0.5, 0.6) is 0 Å². The number of nitrogens with one attached hydrogen (secondary N) is 1. The number of pyridine rings is 1.